The van der Waals surface area contributed by atoms with Crippen molar-refractivity contribution in [3.8, 4) is 0 Å². The Morgan fingerprint density at radius 3 is 2.23 bits per heavy atom. The Balaban J connectivity index is 2.04. The number of hydrogen-bond acceptors (Lipinski definition) is 5. The highest BCUT2D eigenvalue weighted by atomic mass is 79.9. The van der Waals surface area contributed by atoms with E-state index >= 15 is 13.2 Å². The molecule has 1 aliphatic rings. The lowest BCUT2D eigenvalue weighted by Crippen LogP contribution is -2.53. The van der Waals surface area contributed by atoms with Crippen molar-refractivity contribution in [3.63, 3.8) is 0 Å². The van der Waals surface area contributed by atoms with E-state index in [0.29, 0.717) is 9.86 Å². The van der Waals surface area contributed by atoms with Crippen LogP contribution in [0, 0.1) is 5.41 Å². The van der Waals surface area contributed by atoms with Gasteiger partial charge in [0.1, 0.15) is 6.04 Å². The lowest BCUT2D eigenvalue weighted by atomic mass is 9.66. The number of carbonyl (C=O) groups excluding carboxylic acids is 2. The molecule has 3 aromatic rings. The summed E-state index contributed by atoms with van der Waals surface area (Å²) in [5.74, 6) is -3.99. The molecule has 0 aliphatic carbocycles. The molecule has 9 heteroatoms. The molecule has 1 N–H and O–H groups in total. The van der Waals surface area contributed by atoms with Gasteiger partial charge >= 0.3 is 18.1 Å². The fourth-order valence-electron chi connectivity index (χ4n) is 5.00. The maximum atomic E-state index is 15.3. The molecule has 35 heavy (non-hydrogen) atoms. The molecule has 1 fully saturated rings. The summed E-state index contributed by atoms with van der Waals surface area (Å²) in [7, 11) is 1.11. The number of carbonyl (C=O) groups is 2. The van der Waals surface area contributed by atoms with Crippen LogP contribution in [-0.2, 0) is 19.1 Å². The second-order valence-corrected chi connectivity index (χ2v) is 9.24. The minimum absolute atomic E-state index is 0.177. The van der Waals surface area contributed by atoms with E-state index in [1.54, 1.807) is 36.4 Å². The highest BCUT2D eigenvalue weighted by Gasteiger charge is 2.76. The molecular weight excluding hydrogens is 527 g/mol. The standard InChI is InChI=1S/C26H23BrF3NO4/c1-3-35-24(33)25(26(28,29)30)20(18-9-8-15-6-4-5-7-17(15)14-18)21(23(32)34-2)31-22(25)16-10-12-19(27)13-11-16/h4-14,20-22,31H,3H2,1-2H3/t20-,21+,22+,25-/m1/s1. The Labute approximate surface area is 208 Å². The summed E-state index contributed by atoms with van der Waals surface area (Å²) in [5.41, 5.74) is -2.73. The number of halogens is 4. The van der Waals surface area contributed by atoms with Crippen molar-refractivity contribution >= 4 is 38.6 Å². The van der Waals surface area contributed by atoms with Gasteiger partial charge in [-0.25, -0.2) is 0 Å². The van der Waals surface area contributed by atoms with Gasteiger partial charge in [-0.3, -0.25) is 14.9 Å². The van der Waals surface area contributed by atoms with Crippen molar-refractivity contribution in [2.24, 2.45) is 5.41 Å². The minimum atomic E-state index is -5.08. The van der Waals surface area contributed by atoms with Crippen LogP contribution in [-0.4, -0.2) is 37.9 Å². The zero-order valence-corrected chi connectivity index (χ0v) is 20.5. The van der Waals surface area contributed by atoms with Crippen LogP contribution in [0.25, 0.3) is 10.8 Å². The Hall–Kier alpha value is -2.91. The maximum absolute atomic E-state index is 15.3. The van der Waals surface area contributed by atoms with E-state index in [1.165, 1.54) is 25.1 Å². The van der Waals surface area contributed by atoms with Crippen molar-refractivity contribution in [3.05, 3.63) is 82.3 Å². The molecule has 5 nitrogen and oxygen atoms in total. The molecule has 0 aromatic heterocycles. The van der Waals surface area contributed by atoms with Crippen LogP contribution < -0.4 is 5.32 Å². The van der Waals surface area contributed by atoms with Gasteiger partial charge in [0, 0.05) is 10.4 Å². The molecule has 3 aromatic carbocycles. The number of rotatable bonds is 5. The van der Waals surface area contributed by atoms with Crippen LogP contribution in [0.3, 0.4) is 0 Å². The average Bonchev–Trinajstić information content (AvgIpc) is 3.21. The van der Waals surface area contributed by atoms with Gasteiger partial charge in [-0.1, -0.05) is 70.5 Å². The number of alkyl halides is 3. The number of ether oxygens (including phenoxy) is 2. The third-order valence-corrected chi connectivity index (χ3v) is 7.03. The van der Waals surface area contributed by atoms with E-state index in [9.17, 15) is 9.59 Å². The Kier molecular flexibility index (Phi) is 6.92. The van der Waals surface area contributed by atoms with E-state index in [2.05, 4.69) is 21.2 Å². The summed E-state index contributed by atoms with van der Waals surface area (Å²) >= 11 is 3.29. The molecular formula is C26H23BrF3NO4. The number of hydrogen-bond donors (Lipinski definition) is 1. The topological polar surface area (TPSA) is 64.6 Å². The van der Waals surface area contributed by atoms with Crippen LogP contribution in [0.1, 0.15) is 30.0 Å². The first-order chi connectivity index (χ1) is 16.6. The van der Waals surface area contributed by atoms with Crippen LogP contribution in [0.2, 0.25) is 0 Å². The van der Waals surface area contributed by atoms with Crippen molar-refractivity contribution in [2.45, 2.75) is 31.1 Å². The second-order valence-electron chi connectivity index (χ2n) is 8.32. The summed E-state index contributed by atoms with van der Waals surface area (Å²) in [5, 5.41) is 4.30. The number of benzene rings is 3. The number of fused-ring (bicyclic) bond motifs is 1. The smallest absolute Gasteiger partial charge is 0.407 e. The lowest BCUT2D eigenvalue weighted by molar-refractivity contribution is -0.242. The molecule has 184 valence electrons. The predicted molar refractivity (Wildman–Crippen MR) is 128 cm³/mol. The van der Waals surface area contributed by atoms with Crippen molar-refractivity contribution < 1.29 is 32.2 Å². The summed E-state index contributed by atoms with van der Waals surface area (Å²) in [6.07, 6.45) is -5.08. The van der Waals surface area contributed by atoms with E-state index < -0.39 is 41.5 Å². The normalized spacial score (nSPS) is 24.3. The van der Waals surface area contributed by atoms with Gasteiger partial charge in [0.15, 0.2) is 5.41 Å². The molecule has 1 heterocycles. The number of esters is 2. The van der Waals surface area contributed by atoms with Crippen molar-refractivity contribution in [1.29, 1.82) is 0 Å². The molecule has 1 saturated heterocycles. The largest absolute Gasteiger partial charge is 0.468 e. The van der Waals surface area contributed by atoms with E-state index in [0.717, 1.165) is 12.5 Å². The molecule has 0 unspecified atom stereocenters. The molecule has 0 saturated carbocycles. The van der Waals surface area contributed by atoms with Gasteiger partial charge < -0.3 is 9.47 Å². The quantitative estimate of drug-likeness (QED) is 0.414. The Bertz CT molecular complexity index is 1250. The summed E-state index contributed by atoms with van der Waals surface area (Å²) < 4.78 is 56.5. The minimum Gasteiger partial charge on any atom is -0.468 e. The maximum Gasteiger partial charge on any atom is 0.407 e. The van der Waals surface area contributed by atoms with E-state index in [1.807, 2.05) is 12.1 Å². The van der Waals surface area contributed by atoms with E-state index in [-0.39, 0.29) is 17.7 Å². The van der Waals surface area contributed by atoms with Crippen molar-refractivity contribution in [2.75, 3.05) is 13.7 Å². The molecule has 0 bridgehead atoms. The first-order valence-electron chi connectivity index (χ1n) is 11.0. The van der Waals surface area contributed by atoms with Gasteiger partial charge in [-0.05, 0) is 41.0 Å². The van der Waals surface area contributed by atoms with Gasteiger partial charge in [0.25, 0.3) is 0 Å². The van der Waals surface area contributed by atoms with Crippen LogP contribution >= 0.6 is 15.9 Å². The van der Waals surface area contributed by atoms with Crippen LogP contribution in [0.5, 0.6) is 0 Å². The molecule has 0 spiro atoms. The third kappa shape index (κ3) is 4.21. The Morgan fingerprint density at radius 1 is 1.00 bits per heavy atom. The lowest BCUT2D eigenvalue weighted by Gasteiger charge is -2.39. The SMILES string of the molecule is CCOC(=O)[C@@]1(C(F)(F)F)[C@H](c2ccc3ccccc3c2)[C@@H](C(=O)OC)N[C@H]1c1ccc(Br)cc1. The van der Waals surface area contributed by atoms with Gasteiger partial charge in [-0.15, -0.1) is 0 Å². The van der Waals surface area contributed by atoms with Crippen molar-refractivity contribution in [1.82, 2.24) is 5.32 Å². The zero-order chi connectivity index (χ0) is 25.4. The summed E-state index contributed by atoms with van der Waals surface area (Å²) in [6.45, 7) is 1.19. The monoisotopic (exact) mass is 549 g/mol. The summed E-state index contributed by atoms with van der Waals surface area (Å²) in [4.78, 5) is 26.3. The molecule has 4 atom stereocenters. The van der Waals surface area contributed by atoms with Gasteiger partial charge in [0.2, 0.25) is 0 Å². The fourth-order valence-corrected chi connectivity index (χ4v) is 5.27. The third-order valence-electron chi connectivity index (χ3n) is 6.50. The molecule has 0 amide bonds. The number of methoxy groups -OCH3 is 1. The van der Waals surface area contributed by atoms with Crippen LogP contribution in [0.15, 0.2) is 71.2 Å². The second kappa shape index (κ2) is 9.62. The fraction of sp³-hybridized carbons (Fsp3) is 0.308. The first kappa shape index (κ1) is 25.2. The molecule has 0 radical (unpaired) electrons. The Morgan fingerprint density at radius 2 is 1.63 bits per heavy atom. The average molecular weight is 550 g/mol. The summed E-state index contributed by atoms with van der Waals surface area (Å²) in [6, 6.07) is 15.0. The van der Waals surface area contributed by atoms with Gasteiger partial charge in [0.05, 0.1) is 19.8 Å². The molecule has 4 rings (SSSR count). The van der Waals surface area contributed by atoms with Gasteiger partial charge in [-0.2, -0.15) is 13.2 Å². The highest BCUT2D eigenvalue weighted by molar-refractivity contribution is 9.10. The first-order valence-corrected chi connectivity index (χ1v) is 11.8. The van der Waals surface area contributed by atoms with Crippen LogP contribution in [0.4, 0.5) is 13.2 Å². The zero-order valence-electron chi connectivity index (χ0n) is 18.9. The highest BCUT2D eigenvalue weighted by Crippen LogP contribution is 2.62. The predicted octanol–water partition coefficient (Wildman–Crippen LogP) is 5.68. The number of nitrogens with one attached hydrogen (secondary N) is 1. The van der Waals surface area contributed by atoms with E-state index in [4.69, 9.17) is 9.47 Å². The molecule has 1 aliphatic heterocycles.